The zero-order valence-electron chi connectivity index (χ0n) is 15.3. The molecule has 0 N–H and O–H groups in total. The monoisotopic (exact) mass is 482 g/mol. The minimum absolute atomic E-state index is 0.674. The first-order chi connectivity index (χ1) is 14.2. The van der Waals surface area contributed by atoms with Gasteiger partial charge >= 0.3 is 0 Å². The van der Waals surface area contributed by atoms with Crippen LogP contribution in [0.1, 0.15) is 28.9 Å². The Hall–Kier alpha value is -2.28. The van der Waals surface area contributed by atoms with E-state index in [4.69, 9.17) is 16.6 Å². The number of thiophene rings is 1. The van der Waals surface area contributed by atoms with Crippen molar-refractivity contribution in [3.8, 4) is 10.6 Å². The topological polar surface area (TPSA) is 43.6 Å². The predicted octanol–water partition coefficient (Wildman–Crippen LogP) is 6.27. The molecule has 1 aromatic carbocycles. The average Bonchev–Trinajstić information content (AvgIpc) is 3.42. The molecule has 0 spiro atoms. The fourth-order valence-electron chi connectivity index (χ4n) is 3.50. The quantitative estimate of drug-likeness (QED) is 0.344. The van der Waals surface area contributed by atoms with Crippen LogP contribution in [0.4, 0.5) is 0 Å². The molecule has 144 valence electrons. The number of pyridine rings is 1. The van der Waals surface area contributed by atoms with Gasteiger partial charge in [0.1, 0.15) is 5.69 Å². The minimum Gasteiger partial charge on any atom is -0.251 e. The van der Waals surface area contributed by atoms with Gasteiger partial charge < -0.3 is 0 Å². The third-order valence-electron chi connectivity index (χ3n) is 4.97. The summed E-state index contributed by atoms with van der Waals surface area (Å²) in [7, 11) is 0. The molecule has 0 saturated heterocycles. The number of benzene rings is 1. The van der Waals surface area contributed by atoms with E-state index in [2.05, 4.69) is 55.9 Å². The highest BCUT2D eigenvalue weighted by molar-refractivity contribution is 9.10. The maximum Gasteiger partial charge on any atom is 0.110 e. The number of nitrogens with zero attached hydrogens (tertiary/aromatic N) is 4. The number of rotatable bonds is 4. The maximum atomic E-state index is 6.77. The van der Waals surface area contributed by atoms with Gasteiger partial charge in [-0.2, -0.15) is 0 Å². The molecule has 3 aromatic heterocycles. The number of halogens is 2. The van der Waals surface area contributed by atoms with Crippen LogP contribution in [0, 0.1) is 0 Å². The Balaban J connectivity index is 1.42. The fourth-order valence-corrected chi connectivity index (χ4v) is 4.82. The molecule has 4 nitrogen and oxygen atoms in total. The fraction of sp³-hybridized carbons (Fsp3) is 0.136. The number of aromatic nitrogens is 4. The van der Waals surface area contributed by atoms with Crippen LogP contribution in [-0.4, -0.2) is 20.0 Å². The molecule has 0 bridgehead atoms. The molecule has 0 unspecified atom stereocenters. The summed E-state index contributed by atoms with van der Waals surface area (Å²) in [5.74, 6) is 0. The van der Waals surface area contributed by atoms with Crippen molar-refractivity contribution in [2.75, 3.05) is 0 Å². The Kier molecular flexibility index (Phi) is 5.08. The summed E-state index contributed by atoms with van der Waals surface area (Å²) < 4.78 is 2.91. The van der Waals surface area contributed by atoms with Crippen molar-refractivity contribution >= 4 is 49.5 Å². The van der Waals surface area contributed by atoms with Crippen molar-refractivity contribution in [1.29, 1.82) is 0 Å². The smallest absolute Gasteiger partial charge is 0.110 e. The lowest BCUT2D eigenvalue weighted by Gasteiger charge is -2.18. The first kappa shape index (κ1) is 18.7. The predicted molar refractivity (Wildman–Crippen MR) is 122 cm³/mol. The van der Waals surface area contributed by atoms with Crippen LogP contribution in [0.2, 0.25) is 0 Å². The van der Waals surface area contributed by atoms with Crippen LogP contribution in [-0.2, 0) is 13.0 Å². The van der Waals surface area contributed by atoms with E-state index < -0.39 is 0 Å². The van der Waals surface area contributed by atoms with E-state index >= 15 is 0 Å². The highest BCUT2D eigenvalue weighted by atomic mass is 79.9. The Morgan fingerprint density at radius 1 is 1.03 bits per heavy atom. The van der Waals surface area contributed by atoms with E-state index in [9.17, 15) is 0 Å². The summed E-state index contributed by atoms with van der Waals surface area (Å²) in [4.78, 5) is 6.02. The molecule has 1 aliphatic carbocycles. The number of aryl methyl sites for hydroxylation is 1. The molecule has 0 atom stereocenters. The van der Waals surface area contributed by atoms with Crippen LogP contribution < -0.4 is 0 Å². The third-order valence-corrected chi connectivity index (χ3v) is 6.82. The van der Waals surface area contributed by atoms with Crippen LogP contribution in [0.5, 0.6) is 0 Å². The van der Waals surface area contributed by atoms with E-state index in [0.717, 1.165) is 50.6 Å². The average molecular weight is 484 g/mol. The van der Waals surface area contributed by atoms with Gasteiger partial charge in [0.25, 0.3) is 0 Å². The summed E-state index contributed by atoms with van der Waals surface area (Å²) in [5, 5.41) is 11.5. The molecule has 0 aliphatic heterocycles. The second-order valence-corrected chi connectivity index (χ2v) is 9.13. The molecule has 5 rings (SSSR count). The summed E-state index contributed by atoms with van der Waals surface area (Å²) in [6.07, 6.45) is 3.63. The van der Waals surface area contributed by atoms with Crippen molar-refractivity contribution in [1.82, 2.24) is 20.0 Å². The van der Waals surface area contributed by atoms with Gasteiger partial charge in [-0.15, -0.1) is 16.4 Å². The first-order valence-electron chi connectivity index (χ1n) is 9.25. The molecule has 7 heteroatoms. The largest absolute Gasteiger partial charge is 0.251 e. The zero-order valence-corrected chi connectivity index (χ0v) is 18.5. The van der Waals surface area contributed by atoms with Gasteiger partial charge in [-0.25, -0.2) is 4.68 Å². The number of hydrogen-bond donors (Lipinski definition) is 0. The molecule has 0 radical (unpaired) electrons. The Bertz CT molecular complexity index is 1200. The molecular formula is C22H16BrClN4S. The summed E-state index contributed by atoms with van der Waals surface area (Å²) in [5.41, 5.74) is 6.09. The van der Waals surface area contributed by atoms with Gasteiger partial charge in [-0.3, -0.25) is 4.98 Å². The lowest BCUT2D eigenvalue weighted by Crippen LogP contribution is -2.05. The van der Waals surface area contributed by atoms with E-state index in [0.29, 0.717) is 6.54 Å². The second kappa shape index (κ2) is 7.86. The molecule has 4 aromatic rings. The van der Waals surface area contributed by atoms with Crippen LogP contribution in [0.25, 0.3) is 21.2 Å². The summed E-state index contributed by atoms with van der Waals surface area (Å²) >= 11 is 11.9. The molecular weight excluding hydrogens is 468 g/mol. The summed E-state index contributed by atoms with van der Waals surface area (Å²) in [6.45, 7) is 0.674. The van der Waals surface area contributed by atoms with Crippen LogP contribution in [0.15, 0.2) is 64.6 Å². The molecule has 0 amide bonds. The van der Waals surface area contributed by atoms with Gasteiger partial charge in [0, 0.05) is 15.6 Å². The van der Waals surface area contributed by atoms with Crippen LogP contribution in [0.3, 0.4) is 0 Å². The summed E-state index contributed by atoms with van der Waals surface area (Å²) in [6, 6.07) is 16.5. The van der Waals surface area contributed by atoms with E-state index in [1.54, 1.807) is 11.3 Å². The van der Waals surface area contributed by atoms with Gasteiger partial charge in [-0.1, -0.05) is 50.9 Å². The lowest BCUT2D eigenvalue weighted by molar-refractivity contribution is 0.649. The highest BCUT2D eigenvalue weighted by Gasteiger charge is 2.22. The molecule has 0 saturated carbocycles. The maximum absolute atomic E-state index is 6.77. The van der Waals surface area contributed by atoms with Crippen molar-refractivity contribution < 1.29 is 0 Å². The zero-order chi connectivity index (χ0) is 19.8. The normalized spacial score (nSPS) is 13.6. The third kappa shape index (κ3) is 3.80. The molecule has 3 heterocycles. The van der Waals surface area contributed by atoms with Crippen LogP contribution >= 0.6 is 38.9 Å². The van der Waals surface area contributed by atoms with Crippen molar-refractivity contribution in [3.63, 3.8) is 0 Å². The Labute approximate surface area is 186 Å². The van der Waals surface area contributed by atoms with Crippen molar-refractivity contribution in [2.45, 2.75) is 19.4 Å². The van der Waals surface area contributed by atoms with E-state index in [1.165, 1.54) is 10.4 Å². The number of fused-ring (bicyclic) bond motifs is 1. The number of allylic oxidation sites excluding steroid dienone is 1. The first-order valence-corrected chi connectivity index (χ1v) is 11.3. The van der Waals surface area contributed by atoms with E-state index in [1.807, 2.05) is 35.1 Å². The van der Waals surface area contributed by atoms with Gasteiger partial charge in [0.2, 0.25) is 0 Å². The minimum atomic E-state index is 0.674. The second-order valence-electron chi connectivity index (χ2n) is 6.89. The molecule has 29 heavy (non-hydrogen) atoms. The van der Waals surface area contributed by atoms with Gasteiger partial charge in [-0.05, 0) is 54.1 Å². The highest BCUT2D eigenvalue weighted by Crippen LogP contribution is 2.39. The number of hydrogen-bond acceptors (Lipinski definition) is 4. The lowest BCUT2D eigenvalue weighted by atomic mass is 9.94. The van der Waals surface area contributed by atoms with Gasteiger partial charge in [0.15, 0.2) is 0 Å². The van der Waals surface area contributed by atoms with E-state index in [-0.39, 0.29) is 0 Å². The van der Waals surface area contributed by atoms with Crippen molar-refractivity contribution in [2.24, 2.45) is 0 Å². The van der Waals surface area contributed by atoms with Crippen molar-refractivity contribution in [3.05, 3.63) is 87.1 Å². The van der Waals surface area contributed by atoms with Gasteiger partial charge in [0.05, 0.1) is 34.0 Å². The Morgan fingerprint density at radius 3 is 2.69 bits per heavy atom. The SMILES string of the molecule is ClC1=C(c2cn(Cc3ccc(Br)cc3)nn2)CCc2nc(-c3cccs3)ccc21. The Morgan fingerprint density at radius 2 is 1.90 bits per heavy atom. The standard InChI is InChI=1S/C22H16BrClN4S/c23-15-5-3-14(4-6-15)12-28-13-20(26-27-28)17-7-9-18-16(22(17)24)8-10-19(25-18)21-2-1-11-29-21/h1-6,8,10-11,13H,7,9,12H2. The molecule has 1 aliphatic rings. The molecule has 0 fully saturated rings.